The first-order chi connectivity index (χ1) is 12.6. The molecular formula is C19H21N3O3S. The lowest BCUT2D eigenvalue weighted by molar-refractivity contribution is -0.145. The highest BCUT2D eigenvalue weighted by Gasteiger charge is 2.19. The standard InChI is InChI=1S/C19H21N3O3S/c1-14(18(24)25-2)11-21(12-15-6-4-3-5-7-15)13-16-10-17(23)22-8-9-26-19(22)20-16/h3-10,14H,11-13H2,1-2H3/t14-/m0/s1. The van der Waals surface area contributed by atoms with E-state index in [1.165, 1.54) is 22.8 Å². The molecule has 3 aromatic rings. The minimum atomic E-state index is -0.268. The molecule has 0 spiro atoms. The number of hydrogen-bond acceptors (Lipinski definition) is 6. The zero-order valence-electron chi connectivity index (χ0n) is 14.8. The van der Waals surface area contributed by atoms with Crippen LogP contribution in [0.2, 0.25) is 0 Å². The van der Waals surface area contributed by atoms with E-state index in [0.29, 0.717) is 30.3 Å². The van der Waals surface area contributed by atoms with Gasteiger partial charge in [0.15, 0.2) is 4.96 Å². The maximum atomic E-state index is 12.2. The van der Waals surface area contributed by atoms with E-state index < -0.39 is 0 Å². The van der Waals surface area contributed by atoms with E-state index in [1.54, 1.807) is 12.3 Å². The largest absolute Gasteiger partial charge is 0.469 e. The van der Waals surface area contributed by atoms with Gasteiger partial charge in [0.25, 0.3) is 5.56 Å². The van der Waals surface area contributed by atoms with Gasteiger partial charge in [-0.2, -0.15) is 0 Å². The van der Waals surface area contributed by atoms with Crippen LogP contribution in [-0.4, -0.2) is 33.9 Å². The van der Waals surface area contributed by atoms with Crippen molar-refractivity contribution in [3.8, 4) is 0 Å². The zero-order valence-corrected chi connectivity index (χ0v) is 15.6. The van der Waals surface area contributed by atoms with Crippen LogP contribution in [0.15, 0.2) is 52.8 Å². The van der Waals surface area contributed by atoms with E-state index in [9.17, 15) is 9.59 Å². The second-order valence-electron chi connectivity index (χ2n) is 6.22. The Hall–Kier alpha value is -2.51. The summed E-state index contributed by atoms with van der Waals surface area (Å²) in [5, 5.41) is 1.84. The monoisotopic (exact) mass is 371 g/mol. The molecule has 0 aliphatic rings. The van der Waals surface area contributed by atoms with Gasteiger partial charge in [0.2, 0.25) is 0 Å². The number of methoxy groups -OCH3 is 1. The Morgan fingerprint density at radius 2 is 2.08 bits per heavy atom. The molecule has 0 N–H and O–H groups in total. The van der Waals surface area contributed by atoms with Crippen molar-refractivity contribution in [1.82, 2.24) is 14.3 Å². The molecule has 6 nitrogen and oxygen atoms in total. The molecule has 0 aliphatic carbocycles. The van der Waals surface area contributed by atoms with Crippen molar-refractivity contribution >= 4 is 22.3 Å². The van der Waals surface area contributed by atoms with Crippen LogP contribution in [0.5, 0.6) is 0 Å². The molecule has 0 amide bonds. The summed E-state index contributed by atoms with van der Waals surface area (Å²) in [7, 11) is 1.40. The molecule has 0 radical (unpaired) electrons. The van der Waals surface area contributed by atoms with Crippen molar-refractivity contribution in [2.24, 2.45) is 5.92 Å². The summed E-state index contributed by atoms with van der Waals surface area (Å²) in [6.45, 7) is 3.51. The highest BCUT2D eigenvalue weighted by Crippen LogP contribution is 2.13. The predicted molar refractivity (Wildman–Crippen MR) is 101 cm³/mol. The maximum absolute atomic E-state index is 12.2. The molecule has 0 aliphatic heterocycles. The van der Waals surface area contributed by atoms with Crippen molar-refractivity contribution in [3.63, 3.8) is 0 Å². The molecule has 136 valence electrons. The third-order valence-corrected chi connectivity index (χ3v) is 4.88. The van der Waals surface area contributed by atoms with E-state index in [1.807, 2.05) is 42.6 Å². The Kier molecular flexibility index (Phi) is 5.80. The van der Waals surface area contributed by atoms with Gasteiger partial charge >= 0.3 is 5.97 Å². The highest BCUT2D eigenvalue weighted by molar-refractivity contribution is 7.15. The summed E-state index contributed by atoms with van der Waals surface area (Å²) in [5.74, 6) is -0.514. The third kappa shape index (κ3) is 4.36. The lowest BCUT2D eigenvalue weighted by atomic mass is 10.1. The van der Waals surface area contributed by atoms with Crippen molar-refractivity contribution in [2.45, 2.75) is 20.0 Å². The molecule has 1 aromatic carbocycles. The van der Waals surface area contributed by atoms with E-state index >= 15 is 0 Å². The number of carbonyl (C=O) groups is 1. The van der Waals surface area contributed by atoms with Crippen molar-refractivity contribution in [1.29, 1.82) is 0 Å². The molecule has 26 heavy (non-hydrogen) atoms. The number of thiazole rings is 1. The number of benzene rings is 1. The number of ether oxygens (including phenoxy) is 1. The number of hydrogen-bond donors (Lipinski definition) is 0. The van der Waals surface area contributed by atoms with Crippen LogP contribution in [0.25, 0.3) is 4.96 Å². The van der Waals surface area contributed by atoms with E-state index in [2.05, 4.69) is 9.88 Å². The van der Waals surface area contributed by atoms with Crippen LogP contribution in [0, 0.1) is 5.92 Å². The number of nitrogens with zero attached hydrogens (tertiary/aromatic N) is 3. The molecular weight excluding hydrogens is 350 g/mol. The van der Waals surface area contributed by atoms with Crippen LogP contribution in [0.3, 0.4) is 0 Å². The fourth-order valence-corrected chi connectivity index (χ4v) is 3.63. The Morgan fingerprint density at radius 1 is 1.31 bits per heavy atom. The Labute approximate surface area is 155 Å². The van der Waals surface area contributed by atoms with Crippen LogP contribution < -0.4 is 5.56 Å². The average molecular weight is 371 g/mol. The van der Waals surface area contributed by atoms with Gasteiger partial charge < -0.3 is 4.74 Å². The van der Waals surface area contributed by atoms with Gasteiger partial charge in [-0.25, -0.2) is 4.98 Å². The fraction of sp³-hybridized carbons (Fsp3) is 0.316. The first kappa shape index (κ1) is 18.3. The summed E-state index contributed by atoms with van der Waals surface area (Å²) in [6.07, 6.45) is 1.72. The van der Waals surface area contributed by atoms with Crippen molar-refractivity contribution < 1.29 is 9.53 Å². The second-order valence-corrected chi connectivity index (χ2v) is 7.09. The number of carbonyl (C=O) groups excluding carboxylic acids is 1. The number of fused-ring (bicyclic) bond motifs is 1. The van der Waals surface area contributed by atoms with Crippen LogP contribution in [0.4, 0.5) is 0 Å². The lowest BCUT2D eigenvalue weighted by Crippen LogP contribution is -2.32. The zero-order chi connectivity index (χ0) is 18.5. The molecule has 0 unspecified atom stereocenters. The van der Waals surface area contributed by atoms with Crippen LogP contribution >= 0.6 is 11.3 Å². The van der Waals surface area contributed by atoms with Crippen LogP contribution in [0.1, 0.15) is 18.2 Å². The quantitative estimate of drug-likeness (QED) is 0.597. The van der Waals surface area contributed by atoms with E-state index in [4.69, 9.17) is 4.74 Å². The number of rotatable bonds is 7. The van der Waals surface area contributed by atoms with Gasteiger partial charge in [-0.3, -0.25) is 18.9 Å². The molecule has 2 heterocycles. The summed E-state index contributed by atoms with van der Waals surface area (Å²) in [4.78, 5) is 31.4. The Balaban J connectivity index is 1.83. The van der Waals surface area contributed by atoms with Gasteiger partial charge in [-0.05, 0) is 5.56 Å². The molecule has 0 saturated carbocycles. The SMILES string of the molecule is COC(=O)[C@@H](C)CN(Cc1ccccc1)Cc1cc(=O)n2ccsc2n1. The molecule has 1 atom stereocenters. The summed E-state index contributed by atoms with van der Waals surface area (Å²) >= 11 is 1.43. The third-order valence-electron chi connectivity index (χ3n) is 4.13. The molecule has 0 saturated heterocycles. The van der Waals surface area contributed by atoms with Crippen molar-refractivity contribution in [3.05, 3.63) is 69.6 Å². The molecule has 0 bridgehead atoms. The average Bonchev–Trinajstić information content (AvgIpc) is 3.11. The predicted octanol–water partition coefficient (Wildman–Crippen LogP) is 2.57. The summed E-state index contributed by atoms with van der Waals surface area (Å²) in [5.41, 5.74) is 1.75. The summed E-state index contributed by atoms with van der Waals surface area (Å²) in [6, 6.07) is 11.6. The molecule has 0 fully saturated rings. The minimum Gasteiger partial charge on any atom is -0.469 e. The second kappa shape index (κ2) is 8.25. The van der Waals surface area contributed by atoms with E-state index in [0.717, 1.165) is 5.56 Å². The number of aromatic nitrogens is 2. The smallest absolute Gasteiger partial charge is 0.309 e. The Bertz CT molecular complexity index is 936. The minimum absolute atomic E-state index is 0.0908. The number of esters is 1. The van der Waals surface area contributed by atoms with Gasteiger partial charge in [0.05, 0.1) is 18.7 Å². The molecule has 7 heteroatoms. The first-order valence-corrected chi connectivity index (χ1v) is 9.24. The topological polar surface area (TPSA) is 63.9 Å². The first-order valence-electron chi connectivity index (χ1n) is 8.36. The normalized spacial score (nSPS) is 12.4. The van der Waals surface area contributed by atoms with E-state index in [-0.39, 0.29) is 17.4 Å². The summed E-state index contributed by atoms with van der Waals surface area (Å²) < 4.78 is 6.38. The van der Waals surface area contributed by atoms with Gasteiger partial charge in [-0.15, -0.1) is 11.3 Å². The van der Waals surface area contributed by atoms with Gasteiger partial charge in [0.1, 0.15) is 0 Å². The van der Waals surface area contributed by atoms with Gasteiger partial charge in [0, 0.05) is 37.3 Å². The highest BCUT2D eigenvalue weighted by atomic mass is 32.1. The van der Waals surface area contributed by atoms with Gasteiger partial charge in [-0.1, -0.05) is 37.3 Å². The lowest BCUT2D eigenvalue weighted by Gasteiger charge is -2.24. The molecule has 2 aromatic heterocycles. The molecule has 3 rings (SSSR count). The van der Waals surface area contributed by atoms with Crippen molar-refractivity contribution in [2.75, 3.05) is 13.7 Å². The Morgan fingerprint density at radius 3 is 2.81 bits per heavy atom. The maximum Gasteiger partial charge on any atom is 0.309 e. The fourth-order valence-electron chi connectivity index (χ4n) is 2.89. The van der Waals surface area contributed by atoms with Crippen LogP contribution in [-0.2, 0) is 22.6 Å².